The third kappa shape index (κ3) is 4.47. The van der Waals surface area contributed by atoms with Gasteiger partial charge in [0.15, 0.2) is 6.33 Å². The summed E-state index contributed by atoms with van der Waals surface area (Å²) >= 11 is 0. The maximum atomic E-state index is 11.8. The smallest absolute Gasteiger partial charge is 0.236 e. The molecule has 3 N–H and O–H groups in total. The Morgan fingerprint density at radius 3 is 2.80 bits per heavy atom. The number of nitrogens with two attached hydrogens (primary N) is 1. The van der Waals surface area contributed by atoms with E-state index in [9.17, 15) is 4.79 Å². The molecule has 0 aliphatic rings. The highest BCUT2D eigenvalue weighted by molar-refractivity contribution is 5.81. The summed E-state index contributed by atoms with van der Waals surface area (Å²) in [5, 5.41) is 6.26. The Hall–Kier alpha value is -2.21. The number of rotatable bonds is 7. The summed E-state index contributed by atoms with van der Waals surface area (Å²) < 4.78 is 4.84. The molecule has 20 heavy (non-hydrogen) atoms. The first kappa shape index (κ1) is 14.2. The summed E-state index contributed by atoms with van der Waals surface area (Å²) in [6, 6.07) is 9.47. The standard InChI is InChI=1S/C14H18N4O2/c15-12(7-6-11-4-2-1-3-5-11)14(19)16-9-8-13-17-10-18-20-13/h1-5,10,12H,6-9,15H2,(H,16,19)/t12-/m0/s1. The van der Waals surface area contributed by atoms with Gasteiger partial charge in [0.2, 0.25) is 11.8 Å². The molecule has 0 bridgehead atoms. The van der Waals surface area contributed by atoms with Gasteiger partial charge in [-0.05, 0) is 18.4 Å². The van der Waals surface area contributed by atoms with Crippen molar-refractivity contribution in [3.63, 3.8) is 0 Å². The van der Waals surface area contributed by atoms with Gasteiger partial charge in [-0.3, -0.25) is 4.79 Å². The summed E-state index contributed by atoms with van der Waals surface area (Å²) in [6.45, 7) is 0.445. The van der Waals surface area contributed by atoms with E-state index in [1.165, 1.54) is 11.9 Å². The first-order chi connectivity index (χ1) is 9.75. The Morgan fingerprint density at radius 2 is 2.10 bits per heavy atom. The highest BCUT2D eigenvalue weighted by atomic mass is 16.5. The fourth-order valence-corrected chi connectivity index (χ4v) is 1.83. The zero-order valence-corrected chi connectivity index (χ0v) is 11.2. The highest BCUT2D eigenvalue weighted by Gasteiger charge is 2.13. The fraction of sp³-hybridized carbons (Fsp3) is 0.357. The summed E-state index contributed by atoms with van der Waals surface area (Å²) in [5.74, 6) is 0.351. The highest BCUT2D eigenvalue weighted by Crippen LogP contribution is 2.04. The number of nitrogens with zero attached hydrogens (tertiary/aromatic N) is 2. The molecule has 0 spiro atoms. The lowest BCUT2D eigenvalue weighted by Gasteiger charge is -2.11. The average molecular weight is 274 g/mol. The van der Waals surface area contributed by atoms with Gasteiger partial charge < -0.3 is 15.6 Å². The molecule has 0 radical (unpaired) electrons. The Morgan fingerprint density at radius 1 is 1.30 bits per heavy atom. The van der Waals surface area contributed by atoms with E-state index >= 15 is 0 Å². The van der Waals surface area contributed by atoms with E-state index < -0.39 is 6.04 Å². The van der Waals surface area contributed by atoms with Crippen LogP contribution in [0.15, 0.2) is 41.2 Å². The quantitative estimate of drug-likeness (QED) is 0.774. The van der Waals surface area contributed by atoms with E-state index in [1.807, 2.05) is 30.3 Å². The number of benzene rings is 1. The van der Waals surface area contributed by atoms with Gasteiger partial charge in [0.25, 0.3) is 0 Å². The Labute approximate surface area is 117 Å². The van der Waals surface area contributed by atoms with Crippen LogP contribution in [0.5, 0.6) is 0 Å². The zero-order valence-electron chi connectivity index (χ0n) is 11.2. The maximum absolute atomic E-state index is 11.8. The van der Waals surface area contributed by atoms with Gasteiger partial charge in [-0.25, -0.2) is 0 Å². The minimum atomic E-state index is -0.502. The summed E-state index contributed by atoms with van der Waals surface area (Å²) in [4.78, 5) is 15.7. The van der Waals surface area contributed by atoms with Crippen LogP contribution in [0.1, 0.15) is 17.9 Å². The molecule has 2 rings (SSSR count). The molecule has 0 saturated carbocycles. The van der Waals surface area contributed by atoms with Gasteiger partial charge in [0.05, 0.1) is 6.04 Å². The van der Waals surface area contributed by atoms with Crippen LogP contribution < -0.4 is 11.1 Å². The first-order valence-corrected chi connectivity index (χ1v) is 6.58. The molecule has 0 fully saturated rings. The van der Waals surface area contributed by atoms with Crippen LogP contribution in [0.3, 0.4) is 0 Å². The molecule has 6 nitrogen and oxygen atoms in total. The van der Waals surface area contributed by atoms with Crippen molar-refractivity contribution in [2.45, 2.75) is 25.3 Å². The van der Waals surface area contributed by atoms with Gasteiger partial charge in [-0.15, -0.1) is 0 Å². The molecule has 1 heterocycles. The molecule has 1 aromatic carbocycles. The van der Waals surface area contributed by atoms with E-state index in [2.05, 4.69) is 15.5 Å². The van der Waals surface area contributed by atoms with Crippen molar-refractivity contribution in [3.05, 3.63) is 48.1 Å². The second-order valence-electron chi connectivity index (χ2n) is 4.51. The van der Waals surface area contributed by atoms with E-state index in [0.717, 1.165) is 6.42 Å². The van der Waals surface area contributed by atoms with E-state index in [-0.39, 0.29) is 5.91 Å². The van der Waals surface area contributed by atoms with E-state index in [4.69, 9.17) is 10.3 Å². The monoisotopic (exact) mass is 274 g/mol. The van der Waals surface area contributed by atoms with Crippen molar-refractivity contribution in [2.24, 2.45) is 5.73 Å². The van der Waals surface area contributed by atoms with Crippen LogP contribution in [-0.2, 0) is 17.6 Å². The van der Waals surface area contributed by atoms with Crippen LogP contribution in [0.2, 0.25) is 0 Å². The average Bonchev–Trinajstić information content (AvgIpc) is 2.99. The number of nitrogens with one attached hydrogen (secondary N) is 1. The van der Waals surface area contributed by atoms with E-state index in [1.54, 1.807) is 0 Å². The molecule has 1 amide bonds. The Balaban J connectivity index is 1.66. The lowest BCUT2D eigenvalue weighted by molar-refractivity contribution is -0.122. The molecule has 0 aliphatic carbocycles. The van der Waals surface area contributed by atoms with Crippen molar-refractivity contribution in [1.82, 2.24) is 15.5 Å². The number of aromatic nitrogens is 2. The summed E-state index contributed by atoms with van der Waals surface area (Å²) in [5.41, 5.74) is 7.04. The van der Waals surface area contributed by atoms with Gasteiger partial charge in [-0.2, -0.15) is 4.98 Å². The van der Waals surface area contributed by atoms with Crippen molar-refractivity contribution in [1.29, 1.82) is 0 Å². The van der Waals surface area contributed by atoms with E-state index in [0.29, 0.717) is 25.3 Å². The normalized spacial score (nSPS) is 12.1. The molecule has 2 aromatic rings. The first-order valence-electron chi connectivity index (χ1n) is 6.58. The Kier molecular flexibility index (Phi) is 5.25. The molecule has 0 aliphatic heterocycles. The van der Waals surface area contributed by atoms with Gasteiger partial charge in [0.1, 0.15) is 0 Å². The molecule has 1 atom stereocenters. The van der Waals surface area contributed by atoms with Crippen molar-refractivity contribution in [2.75, 3.05) is 6.54 Å². The molecule has 0 saturated heterocycles. The summed E-state index contributed by atoms with van der Waals surface area (Å²) in [7, 11) is 0. The van der Waals surface area contributed by atoms with Gasteiger partial charge in [-0.1, -0.05) is 35.5 Å². The largest absolute Gasteiger partial charge is 0.354 e. The lowest BCUT2D eigenvalue weighted by atomic mass is 10.1. The fourth-order valence-electron chi connectivity index (χ4n) is 1.83. The lowest BCUT2D eigenvalue weighted by Crippen LogP contribution is -2.41. The van der Waals surface area contributed by atoms with Crippen molar-refractivity contribution >= 4 is 5.91 Å². The molecular weight excluding hydrogens is 256 g/mol. The summed E-state index contributed by atoms with van der Waals surface area (Å²) in [6.07, 6.45) is 3.26. The molecule has 0 unspecified atom stereocenters. The molecule has 1 aromatic heterocycles. The van der Waals surface area contributed by atoms with Gasteiger partial charge in [0, 0.05) is 13.0 Å². The number of hydrogen-bond donors (Lipinski definition) is 2. The van der Waals surface area contributed by atoms with Crippen LogP contribution >= 0.6 is 0 Å². The number of aryl methyl sites for hydroxylation is 1. The van der Waals surface area contributed by atoms with Crippen molar-refractivity contribution < 1.29 is 9.32 Å². The van der Waals surface area contributed by atoms with Gasteiger partial charge >= 0.3 is 0 Å². The SMILES string of the molecule is N[C@@H](CCc1ccccc1)C(=O)NCCc1ncno1. The van der Waals surface area contributed by atoms with Crippen LogP contribution in [0.25, 0.3) is 0 Å². The molecular formula is C14H18N4O2. The van der Waals surface area contributed by atoms with Crippen LogP contribution in [0, 0.1) is 0 Å². The minimum Gasteiger partial charge on any atom is -0.354 e. The maximum Gasteiger partial charge on any atom is 0.236 e. The predicted octanol–water partition coefficient (Wildman–Crippen LogP) is 0.688. The molecule has 106 valence electrons. The predicted molar refractivity (Wildman–Crippen MR) is 73.8 cm³/mol. The van der Waals surface area contributed by atoms with Crippen molar-refractivity contribution in [3.8, 4) is 0 Å². The number of carbonyl (C=O) groups is 1. The number of hydrogen-bond acceptors (Lipinski definition) is 5. The topological polar surface area (TPSA) is 94.0 Å². The van der Waals surface area contributed by atoms with Crippen LogP contribution in [-0.4, -0.2) is 28.6 Å². The third-order valence-electron chi connectivity index (χ3n) is 2.97. The molecule has 6 heteroatoms. The number of carbonyl (C=O) groups excluding carboxylic acids is 1. The zero-order chi connectivity index (χ0) is 14.2. The second kappa shape index (κ2) is 7.40. The second-order valence-corrected chi connectivity index (χ2v) is 4.51. The Bertz CT molecular complexity index is 513. The minimum absolute atomic E-state index is 0.152. The number of amides is 1. The van der Waals surface area contributed by atoms with Crippen LogP contribution in [0.4, 0.5) is 0 Å². The third-order valence-corrected chi connectivity index (χ3v) is 2.97.